The molecule has 2 N–H and O–H groups in total. The Balaban J connectivity index is 1.73. The van der Waals surface area contributed by atoms with Crippen molar-refractivity contribution in [3.05, 3.63) is 0 Å². The van der Waals surface area contributed by atoms with E-state index in [1.54, 1.807) is 0 Å². The Labute approximate surface area is 111 Å². The van der Waals surface area contributed by atoms with Crippen LogP contribution in [-0.4, -0.2) is 47.3 Å². The van der Waals surface area contributed by atoms with Crippen LogP contribution in [0.15, 0.2) is 0 Å². The number of hydrogen-bond donors (Lipinski definition) is 2. The van der Waals surface area contributed by atoms with Crippen molar-refractivity contribution >= 4 is 0 Å². The third-order valence-electron chi connectivity index (χ3n) is 5.68. The van der Waals surface area contributed by atoms with Crippen molar-refractivity contribution in [3.8, 4) is 0 Å². The molecule has 3 fully saturated rings. The molecule has 0 radical (unpaired) electrons. The Morgan fingerprint density at radius 2 is 2.17 bits per heavy atom. The summed E-state index contributed by atoms with van der Waals surface area (Å²) in [5.41, 5.74) is -0.450. The van der Waals surface area contributed by atoms with Gasteiger partial charge in [-0.1, -0.05) is 19.8 Å². The van der Waals surface area contributed by atoms with Crippen LogP contribution in [0.25, 0.3) is 0 Å². The highest BCUT2D eigenvalue weighted by Gasteiger charge is 2.51. The fourth-order valence-electron chi connectivity index (χ4n) is 4.47. The van der Waals surface area contributed by atoms with E-state index >= 15 is 0 Å². The van der Waals surface area contributed by atoms with Gasteiger partial charge in [0.25, 0.3) is 0 Å². The second-order valence-corrected chi connectivity index (χ2v) is 6.59. The molecule has 0 amide bonds. The third-order valence-corrected chi connectivity index (χ3v) is 5.68. The fourth-order valence-corrected chi connectivity index (χ4v) is 4.47. The molecule has 4 unspecified atom stereocenters. The molecule has 0 aromatic heterocycles. The van der Waals surface area contributed by atoms with Crippen LogP contribution in [0, 0.1) is 5.92 Å². The summed E-state index contributed by atoms with van der Waals surface area (Å²) in [7, 11) is 0. The molecule has 0 spiro atoms. The van der Waals surface area contributed by atoms with E-state index in [0.29, 0.717) is 12.1 Å². The Hall–Kier alpha value is -0.120. The van der Waals surface area contributed by atoms with Crippen molar-refractivity contribution in [2.75, 3.05) is 19.6 Å². The maximum Gasteiger partial charge on any atom is 0.0966 e. The number of hydrogen-bond acceptors (Lipinski definition) is 3. The molecule has 104 valence electrons. The molecule has 0 aromatic rings. The van der Waals surface area contributed by atoms with Crippen molar-refractivity contribution in [3.63, 3.8) is 0 Å². The van der Waals surface area contributed by atoms with E-state index in [0.717, 1.165) is 25.4 Å². The smallest absolute Gasteiger partial charge is 0.0966 e. The zero-order chi connectivity index (χ0) is 12.6. The van der Waals surface area contributed by atoms with Crippen molar-refractivity contribution in [2.24, 2.45) is 5.92 Å². The summed E-state index contributed by atoms with van der Waals surface area (Å²) >= 11 is 0. The highest BCUT2D eigenvalue weighted by Crippen LogP contribution is 2.40. The average Bonchev–Trinajstić information content (AvgIpc) is 2.79. The highest BCUT2D eigenvalue weighted by atomic mass is 16.3. The molecule has 3 nitrogen and oxygen atoms in total. The third kappa shape index (κ3) is 2.10. The second kappa shape index (κ2) is 5.10. The van der Waals surface area contributed by atoms with Crippen LogP contribution in [-0.2, 0) is 0 Å². The minimum absolute atomic E-state index is 0.337. The minimum atomic E-state index is -0.450. The summed E-state index contributed by atoms with van der Waals surface area (Å²) in [6, 6.07) is 0.767. The number of nitrogens with zero attached hydrogens (tertiary/aromatic N) is 1. The van der Waals surface area contributed by atoms with E-state index in [1.807, 2.05) is 0 Å². The molecule has 3 heterocycles. The number of aliphatic hydroxyl groups is 1. The van der Waals surface area contributed by atoms with Gasteiger partial charge in [-0.3, -0.25) is 4.90 Å². The Morgan fingerprint density at radius 3 is 3.00 bits per heavy atom. The number of nitrogens with one attached hydrogen (secondary N) is 1. The number of rotatable bonds is 2. The first-order valence-corrected chi connectivity index (χ1v) is 7.94. The minimum Gasteiger partial charge on any atom is -0.387 e. The summed E-state index contributed by atoms with van der Waals surface area (Å²) in [4.78, 5) is 2.54. The van der Waals surface area contributed by atoms with Crippen LogP contribution in [0.1, 0.15) is 51.9 Å². The largest absolute Gasteiger partial charge is 0.387 e. The molecule has 0 bridgehead atoms. The van der Waals surface area contributed by atoms with Crippen LogP contribution in [0.5, 0.6) is 0 Å². The molecule has 4 atom stereocenters. The lowest BCUT2D eigenvalue weighted by molar-refractivity contribution is -0.0511. The van der Waals surface area contributed by atoms with Gasteiger partial charge in [0.2, 0.25) is 0 Å². The lowest BCUT2D eigenvalue weighted by atomic mass is 9.76. The van der Waals surface area contributed by atoms with Crippen LogP contribution in [0.3, 0.4) is 0 Å². The average molecular weight is 252 g/mol. The van der Waals surface area contributed by atoms with Gasteiger partial charge < -0.3 is 10.4 Å². The van der Waals surface area contributed by atoms with Gasteiger partial charge in [0.15, 0.2) is 0 Å². The molecule has 3 saturated heterocycles. The topological polar surface area (TPSA) is 35.5 Å². The van der Waals surface area contributed by atoms with Gasteiger partial charge in [-0.05, 0) is 51.1 Å². The zero-order valence-corrected chi connectivity index (χ0v) is 11.7. The van der Waals surface area contributed by atoms with Gasteiger partial charge >= 0.3 is 0 Å². The van der Waals surface area contributed by atoms with E-state index in [2.05, 4.69) is 17.1 Å². The van der Waals surface area contributed by atoms with Gasteiger partial charge in [-0.15, -0.1) is 0 Å². The molecule has 3 aliphatic heterocycles. The van der Waals surface area contributed by atoms with Gasteiger partial charge in [-0.2, -0.15) is 0 Å². The number of piperidine rings is 2. The first kappa shape index (κ1) is 12.9. The summed E-state index contributed by atoms with van der Waals surface area (Å²) < 4.78 is 0. The summed E-state index contributed by atoms with van der Waals surface area (Å²) in [6.07, 6.45) is 8.53. The summed E-state index contributed by atoms with van der Waals surface area (Å²) in [5, 5.41) is 14.8. The van der Waals surface area contributed by atoms with Crippen molar-refractivity contribution in [1.29, 1.82) is 0 Å². The molecule has 0 saturated carbocycles. The van der Waals surface area contributed by atoms with Gasteiger partial charge in [0.1, 0.15) is 0 Å². The SMILES string of the molecule is CCC1CCNC(C2(O)CCN3CCCCC32)C1. The predicted octanol–water partition coefficient (Wildman–Crippen LogP) is 1.75. The summed E-state index contributed by atoms with van der Waals surface area (Å²) in [6.45, 7) is 5.70. The van der Waals surface area contributed by atoms with Crippen LogP contribution < -0.4 is 5.32 Å². The molecular weight excluding hydrogens is 224 g/mol. The maximum atomic E-state index is 11.2. The molecule has 3 heteroatoms. The molecule has 3 rings (SSSR count). The van der Waals surface area contributed by atoms with Gasteiger partial charge in [-0.25, -0.2) is 0 Å². The van der Waals surface area contributed by atoms with E-state index in [-0.39, 0.29) is 0 Å². The fraction of sp³-hybridized carbons (Fsp3) is 1.00. The summed E-state index contributed by atoms with van der Waals surface area (Å²) in [5.74, 6) is 0.818. The quantitative estimate of drug-likeness (QED) is 0.786. The molecule has 18 heavy (non-hydrogen) atoms. The zero-order valence-electron chi connectivity index (χ0n) is 11.7. The van der Waals surface area contributed by atoms with E-state index in [9.17, 15) is 5.11 Å². The molecule has 0 aliphatic carbocycles. The van der Waals surface area contributed by atoms with Gasteiger partial charge in [0.05, 0.1) is 5.60 Å². The van der Waals surface area contributed by atoms with Crippen LogP contribution in [0.2, 0.25) is 0 Å². The van der Waals surface area contributed by atoms with Crippen molar-refractivity contribution in [2.45, 2.75) is 69.6 Å². The second-order valence-electron chi connectivity index (χ2n) is 6.59. The monoisotopic (exact) mass is 252 g/mol. The standard InChI is InChI=1S/C15H28N2O/c1-2-12-6-8-16-13(11-12)15(18)7-10-17-9-4-3-5-14(15)17/h12-14,16,18H,2-11H2,1H3. The Morgan fingerprint density at radius 1 is 1.28 bits per heavy atom. The van der Waals surface area contributed by atoms with Crippen LogP contribution >= 0.6 is 0 Å². The number of fused-ring (bicyclic) bond motifs is 1. The molecule has 3 aliphatic rings. The van der Waals surface area contributed by atoms with Crippen molar-refractivity contribution < 1.29 is 5.11 Å². The highest BCUT2D eigenvalue weighted by molar-refractivity contribution is 5.08. The first-order chi connectivity index (χ1) is 8.74. The Bertz CT molecular complexity index is 296. The first-order valence-electron chi connectivity index (χ1n) is 7.94. The van der Waals surface area contributed by atoms with Crippen LogP contribution in [0.4, 0.5) is 0 Å². The van der Waals surface area contributed by atoms with Gasteiger partial charge in [0, 0.05) is 18.6 Å². The van der Waals surface area contributed by atoms with E-state index in [4.69, 9.17) is 0 Å². The van der Waals surface area contributed by atoms with E-state index in [1.165, 1.54) is 45.1 Å². The Kier molecular flexibility index (Phi) is 3.65. The maximum absolute atomic E-state index is 11.2. The van der Waals surface area contributed by atoms with E-state index < -0.39 is 5.60 Å². The molecule has 0 aromatic carbocycles. The normalized spacial score (nSPS) is 46.0. The lowest BCUT2D eigenvalue weighted by Gasteiger charge is -2.45. The predicted molar refractivity (Wildman–Crippen MR) is 73.6 cm³/mol. The van der Waals surface area contributed by atoms with Crippen molar-refractivity contribution in [1.82, 2.24) is 10.2 Å². The molecular formula is C15H28N2O. The lowest BCUT2D eigenvalue weighted by Crippen LogP contribution is -2.60.